The molecule has 3 nitrogen and oxygen atoms in total. The minimum atomic E-state index is 0.724. The maximum Gasteiger partial charge on any atom is 0.189 e. The monoisotopic (exact) mass is 279 g/mol. The highest BCUT2D eigenvalue weighted by atomic mass is 35.5. The first-order valence-corrected chi connectivity index (χ1v) is 7.15. The molecule has 94 valence electrons. The Bertz CT molecular complexity index is 528. The van der Waals surface area contributed by atoms with Crippen molar-refractivity contribution in [3.05, 3.63) is 46.6 Å². The van der Waals surface area contributed by atoms with Crippen molar-refractivity contribution in [2.45, 2.75) is 18.6 Å². The highest BCUT2D eigenvalue weighted by molar-refractivity contribution is 7.98. The molecule has 0 spiro atoms. The first-order chi connectivity index (χ1) is 8.67. The lowest BCUT2D eigenvalue weighted by atomic mass is 10.2. The minimum absolute atomic E-state index is 0.724. The molecule has 5 heteroatoms. The number of anilines is 1. The van der Waals surface area contributed by atoms with Gasteiger partial charge in [-0.3, -0.25) is 0 Å². The molecule has 0 saturated heterocycles. The zero-order valence-electron chi connectivity index (χ0n) is 10.3. The van der Waals surface area contributed by atoms with Gasteiger partial charge in [0.15, 0.2) is 5.16 Å². The number of thioether (sulfide) groups is 1. The summed E-state index contributed by atoms with van der Waals surface area (Å²) in [6, 6.07) is 9.71. The molecular formula is C13H14ClN3S. The van der Waals surface area contributed by atoms with Gasteiger partial charge in [0, 0.05) is 23.3 Å². The van der Waals surface area contributed by atoms with Gasteiger partial charge < -0.3 is 5.32 Å². The van der Waals surface area contributed by atoms with E-state index in [2.05, 4.69) is 15.3 Å². The maximum absolute atomic E-state index is 5.85. The van der Waals surface area contributed by atoms with Gasteiger partial charge in [0.05, 0.1) is 0 Å². The highest BCUT2D eigenvalue weighted by Gasteiger charge is 2.01. The summed E-state index contributed by atoms with van der Waals surface area (Å²) in [5.41, 5.74) is 2.13. The molecule has 0 saturated carbocycles. The van der Waals surface area contributed by atoms with Crippen molar-refractivity contribution < 1.29 is 0 Å². The second kappa shape index (κ2) is 6.07. The SMILES string of the molecule is CSc1nc(C)cc(NCc2ccc(Cl)cc2)n1. The van der Waals surface area contributed by atoms with E-state index < -0.39 is 0 Å². The summed E-state index contributed by atoms with van der Waals surface area (Å²) in [5.74, 6) is 0.849. The number of benzene rings is 1. The Labute approximate surface area is 116 Å². The first-order valence-electron chi connectivity index (χ1n) is 5.55. The summed E-state index contributed by atoms with van der Waals surface area (Å²) in [6.45, 7) is 2.69. The molecule has 0 aliphatic rings. The fraction of sp³-hybridized carbons (Fsp3) is 0.231. The Kier molecular flexibility index (Phi) is 4.44. The molecule has 18 heavy (non-hydrogen) atoms. The predicted octanol–water partition coefficient (Wildman–Crippen LogP) is 3.77. The molecule has 2 aromatic rings. The minimum Gasteiger partial charge on any atom is -0.366 e. The van der Waals surface area contributed by atoms with Crippen molar-refractivity contribution >= 4 is 29.2 Å². The molecule has 0 unspecified atom stereocenters. The number of halogens is 1. The third-order valence-corrected chi connectivity index (χ3v) is 3.20. The molecule has 0 fully saturated rings. The van der Waals surface area contributed by atoms with Crippen LogP contribution in [0, 0.1) is 6.92 Å². The van der Waals surface area contributed by atoms with Crippen LogP contribution in [-0.2, 0) is 6.54 Å². The number of hydrogen-bond donors (Lipinski definition) is 1. The molecule has 0 atom stereocenters. The Balaban J connectivity index is 2.05. The van der Waals surface area contributed by atoms with E-state index in [1.165, 1.54) is 5.56 Å². The Morgan fingerprint density at radius 3 is 2.61 bits per heavy atom. The summed E-state index contributed by atoms with van der Waals surface area (Å²) >= 11 is 7.39. The van der Waals surface area contributed by atoms with Gasteiger partial charge in [-0.1, -0.05) is 35.5 Å². The smallest absolute Gasteiger partial charge is 0.189 e. The van der Waals surface area contributed by atoms with Crippen LogP contribution in [0.4, 0.5) is 5.82 Å². The fourth-order valence-corrected chi connectivity index (χ4v) is 2.07. The highest BCUT2D eigenvalue weighted by Crippen LogP contribution is 2.15. The molecule has 0 bridgehead atoms. The van der Waals surface area contributed by atoms with Gasteiger partial charge in [0.2, 0.25) is 0 Å². The second-order valence-corrected chi connectivity index (χ2v) is 5.07. The van der Waals surface area contributed by atoms with Crippen molar-refractivity contribution in [1.82, 2.24) is 9.97 Å². The summed E-state index contributed by atoms with van der Waals surface area (Å²) in [6.07, 6.45) is 1.97. The summed E-state index contributed by atoms with van der Waals surface area (Å²) in [7, 11) is 0. The molecule has 2 rings (SSSR count). The number of rotatable bonds is 4. The molecule has 1 aromatic carbocycles. The topological polar surface area (TPSA) is 37.8 Å². The van der Waals surface area contributed by atoms with E-state index >= 15 is 0 Å². The number of aryl methyl sites for hydroxylation is 1. The number of nitrogens with zero attached hydrogens (tertiary/aromatic N) is 2. The predicted molar refractivity (Wildman–Crippen MR) is 77.3 cm³/mol. The van der Waals surface area contributed by atoms with Crippen molar-refractivity contribution in [3.63, 3.8) is 0 Å². The average Bonchev–Trinajstić information content (AvgIpc) is 2.37. The number of hydrogen-bond acceptors (Lipinski definition) is 4. The Morgan fingerprint density at radius 2 is 1.94 bits per heavy atom. The van der Waals surface area contributed by atoms with Gasteiger partial charge >= 0.3 is 0 Å². The lowest BCUT2D eigenvalue weighted by molar-refractivity contribution is 0.926. The quantitative estimate of drug-likeness (QED) is 0.683. The average molecular weight is 280 g/mol. The zero-order valence-corrected chi connectivity index (χ0v) is 11.8. The standard InChI is InChI=1S/C13H14ClN3S/c1-9-7-12(17-13(16-9)18-2)15-8-10-3-5-11(14)6-4-10/h3-7H,8H2,1-2H3,(H,15,16,17). The van der Waals surface area contributed by atoms with Crippen LogP contribution in [0.25, 0.3) is 0 Å². The number of aromatic nitrogens is 2. The third kappa shape index (κ3) is 3.62. The van der Waals surface area contributed by atoms with Gasteiger partial charge in [-0.15, -0.1) is 0 Å². The van der Waals surface area contributed by atoms with E-state index in [0.717, 1.165) is 28.2 Å². The van der Waals surface area contributed by atoms with Crippen LogP contribution in [0.15, 0.2) is 35.5 Å². The summed E-state index contributed by atoms with van der Waals surface area (Å²) in [4.78, 5) is 8.71. The van der Waals surface area contributed by atoms with Crippen LogP contribution in [0.5, 0.6) is 0 Å². The molecule has 0 aliphatic heterocycles. The number of nitrogens with one attached hydrogen (secondary N) is 1. The van der Waals surface area contributed by atoms with Gasteiger partial charge in [-0.05, 0) is 30.9 Å². The van der Waals surface area contributed by atoms with Gasteiger partial charge in [0.25, 0.3) is 0 Å². The molecule has 1 N–H and O–H groups in total. The summed E-state index contributed by atoms with van der Waals surface area (Å²) < 4.78 is 0. The second-order valence-electron chi connectivity index (χ2n) is 3.86. The van der Waals surface area contributed by atoms with E-state index in [4.69, 9.17) is 11.6 Å². The molecule has 0 radical (unpaired) electrons. The van der Waals surface area contributed by atoms with E-state index in [0.29, 0.717) is 0 Å². The lowest BCUT2D eigenvalue weighted by Crippen LogP contribution is -2.03. The van der Waals surface area contributed by atoms with Crippen molar-refractivity contribution in [1.29, 1.82) is 0 Å². The fourth-order valence-electron chi connectivity index (χ4n) is 1.52. The zero-order chi connectivity index (χ0) is 13.0. The van der Waals surface area contributed by atoms with Crippen LogP contribution in [0.2, 0.25) is 5.02 Å². The molecule has 0 amide bonds. The van der Waals surface area contributed by atoms with Crippen LogP contribution < -0.4 is 5.32 Å². The van der Waals surface area contributed by atoms with Gasteiger partial charge in [-0.2, -0.15) is 0 Å². The van der Waals surface area contributed by atoms with Gasteiger partial charge in [0.1, 0.15) is 5.82 Å². The van der Waals surface area contributed by atoms with Crippen molar-refractivity contribution in [3.8, 4) is 0 Å². The molecule has 1 heterocycles. The Hall–Kier alpha value is -1.26. The third-order valence-electron chi connectivity index (χ3n) is 2.40. The van der Waals surface area contributed by atoms with Crippen LogP contribution in [0.1, 0.15) is 11.3 Å². The molecule has 1 aromatic heterocycles. The molecule has 0 aliphatic carbocycles. The van der Waals surface area contributed by atoms with Crippen LogP contribution in [-0.4, -0.2) is 16.2 Å². The normalized spacial score (nSPS) is 10.4. The van der Waals surface area contributed by atoms with Crippen LogP contribution in [0.3, 0.4) is 0 Å². The largest absolute Gasteiger partial charge is 0.366 e. The Morgan fingerprint density at radius 1 is 1.22 bits per heavy atom. The van der Waals surface area contributed by atoms with E-state index in [9.17, 15) is 0 Å². The van der Waals surface area contributed by atoms with E-state index in [-0.39, 0.29) is 0 Å². The van der Waals surface area contributed by atoms with E-state index in [1.807, 2.05) is 43.5 Å². The first kappa shape index (κ1) is 13.2. The summed E-state index contributed by atoms with van der Waals surface area (Å²) in [5, 5.41) is 4.83. The van der Waals surface area contributed by atoms with Crippen molar-refractivity contribution in [2.24, 2.45) is 0 Å². The van der Waals surface area contributed by atoms with Crippen molar-refractivity contribution in [2.75, 3.05) is 11.6 Å². The van der Waals surface area contributed by atoms with E-state index in [1.54, 1.807) is 11.8 Å². The van der Waals surface area contributed by atoms with Gasteiger partial charge in [-0.25, -0.2) is 9.97 Å². The molecular weight excluding hydrogens is 266 g/mol. The maximum atomic E-state index is 5.85. The van der Waals surface area contributed by atoms with Crippen LogP contribution >= 0.6 is 23.4 Å². The lowest BCUT2D eigenvalue weighted by Gasteiger charge is -2.07.